The van der Waals surface area contributed by atoms with E-state index in [4.69, 9.17) is 5.73 Å². The Hall–Kier alpha value is -1.36. The SMILES string of the molecule is CC.Cc1cc2c(nn1)NCC1CC(N)CN21. The van der Waals surface area contributed by atoms with Crippen LogP contribution in [0.5, 0.6) is 0 Å². The van der Waals surface area contributed by atoms with E-state index in [1.807, 2.05) is 20.8 Å². The molecule has 3 rings (SSSR count). The Bertz CT molecular complexity index is 392. The van der Waals surface area contributed by atoms with Gasteiger partial charge >= 0.3 is 0 Å². The van der Waals surface area contributed by atoms with Gasteiger partial charge in [-0.1, -0.05) is 13.8 Å². The number of nitrogens with two attached hydrogens (primary N) is 1. The van der Waals surface area contributed by atoms with Gasteiger partial charge in [0, 0.05) is 25.2 Å². The van der Waals surface area contributed by atoms with Crippen LogP contribution in [0.3, 0.4) is 0 Å². The van der Waals surface area contributed by atoms with E-state index in [2.05, 4.69) is 26.5 Å². The highest BCUT2D eigenvalue weighted by molar-refractivity contribution is 5.69. The van der Waals surface area contributed by atoms with Gasteiger partial charge in [-0.3, -0.25) is 0 Å². The highest BCUT2D eigenvalue weighted by Crippen LogP contribution is 2.34. The van der Waals surface area contributed by atoms with Gasteiger partial charge < -0.3 is 16.0 Å². The quantitative estimate of drug-likeness (QED) is 0.706. The molecule has 94 valence electrons. The van der Waals surface area contributed by atoms with E-state index < -0.39 is 0 Å². The number of nitrogens with one attached hydrogen (secondary N) is 1. The third-order valence-electron chi connectivity index (χ3n) is 3.16. The topological polar surface area (TPSA) is 67.1 Å². The van der Waals surface area contributed by atoms with Gasteiger partial charge in [-0.15, -0.1) is 5.10 Å². The Labute approximate surface area is 102 Å². The molecular formula is C12H21N5. The molecule has 17 heavy (non-hydrogen) atoms. The van der Waals surface area contributed by atoms with Crippen LogP contribution >= 0.6 is 0 Å². The summed E-state index contributed by atoms with van der Waals surface area (Å²) in [6.45, 7) is 7.83. The van der Waals surface area contributed by atoms with E-state index in [9.17, 15) is 0 Å². The molecule has 0 radical (unpaired) electrons. The number of aryl methyl sites for hydroxylation is 1. The third-order valence-corrected chi connectivity index (χ3v) is 3.16. The maximum Gasteiger partial charge on any atom is 0.172 e. The lowest BCUT2D eigenvalue weighted by Crippen LogP contribution is -2.40. The first-order chi connectivity index (χ1) is 8.24. The molecule has 0 bridgehead atoms. The summed E-state index contributed by atoms with van der Waals surface area (Å²) in [7, 11) is 0. The second-order valence-electron chi connectivity index (χ2n) is 4.40. The Morgan fingerprint density at radius 1 is 1.41 bits per heavy atom. The van der Waals surface area contributed by atoms with Crippen molar-refractivity contribution in [2.75, 3.05) is 23.3 Å². The lowest BCUT2D eigenvalue weighted by Gasteiger charge is -2.33. The average molecular weight is 235 g/mol. The zero-order chi connectivity index (χ0) is 12.4. The minimum atomic E-state index is 0.288. The normalized spacial score (nSPS) is 25.3. The van der Waals surface area contributed by atoms with Crippen molar-refractivity contribution >= 4 is 11.5 Å². The minimum Gasteiger partial charge on any atom is -0.365 e. The molecule has 0 saturated carbocycles. The van der Waals surface area contributed by atoms with Gasteiger partial charge in [-0.05, 0) is 19.4 Å². The summed E-state index contributed by atoms with van der Waals surface area (Å²) in [6.07, 6.45) is 1.06. The highest BCUT2D eigenvalue weighted by Gasteiger charge is 2.34. The molecule has 2 atom stereocenters. The molecule has 5 heteroatoms. The van der Waals surface area contributed by atoms with Crippen LogP contribution < -0.4 is 16.0 Å². The van der Waals surface area contributed by atoms with E-state index in [0.29, 0.717) is 6.04 Å². The van der Waals surface area contributed by atoms with Crippen molar-refractivity contribution in [2.24, 2.45) is 5.73 Å². The number of fused-ring (bicyclic) bond motifs is 3. The Morgan fingerprint density at radius 2 is 2.18 bits per heavy atom. The standard InChI is InChI=1S/C10H15N5.C2H6/c1-6-2-9-10(14-13-6)12-4-8-3-7(11)5-15(8)9;1-2/h2,7-8H,3-5,11H2,1H3,(H,12,14);1-2H3. The molecule has 0 aromatic carbocycles. The molecule has 0 spiro atoms. The molecule has 5 nitrogen and oxygen atoms in total. The first kappa shape index (κ1) is 12.1. The Morgan fingerprint density at radius 3 is 2.94 bits per heavy atom. The lowest BCUT2D eigenvalue weighted by atomic mass is 10.1. The van der Waals surface area contributed by atoms with Crippen molar-refractivity contribution < 1.29 is 0 Å². The number of nitrogens with zero attached hydrogens (tertiary/aromatic N) is 3. The number of aromatic nitrogens is 2. The summed E-state index contributed by atoms with van der Waals surface area (Å²) in [5.41, 5.74) is 8.10. The minimum absolute atomic E-state index is 0.288. The fourth-order valence-electron chi connectivity index (χ4n) is 2.48. The van der Waals surface area contributed by atoms with Crippen LogP contribution in [0.25, 0.3) is 0 Å². The van der Waals surface area contributed by atoms with Crippen LogP contribution in [0.1, 0.15) is 26.0 Å². The molecule has 1 aromatic heterocycles. The van der Waals surface area contributed by atoms with E-state index in [1.165, 1.54) is 0 Å². The van der Waals surface area contributed by atoms with E-state index >= 15 is 0 Å². The van der Waals surface area contributed by atoms with Crippen molar-refractivity contribution in [1.82, 2.24) is 10.2 Å². The summed E-state index contributed by atoms with van der Waals surface area (Å²) < 4.78 is 0. The lowest BCUT2D eigenvalue weighted by molar-refractivity contribution is 0.652. The van der Waals surface area contributed by atoms with Crippen LogP contribution in [-0.2, 0) is 0 Å². The summed E-state index contributed by atoms with van der Waals surface area (Å²) >= 11 is 0. The number of hydrogen-bond donors (Lipinski definition) is 2. The van der Waals surface area contributed by atoms with Crippen molar-refractivity contribution in [3.8, 4) is 0 Å². The van der Waals surface area contributed by atoms with Gasteiger partial charge in [0.1, 0.15) is 0 Å². The fourth-order valence-corrected chi connectivity index (χ4v) is 2.48. The summed E-state index contributed by atoms with van der Waals surface area (Å²) in [6, 6.07) is 2.90. The van der Waals surface area contributed by atoms with Crippen molar-refractivity contribution in [1.29, 1.82) is 0 Å². The molecule has 1 aromatic rings. The first-order valence-electron chi connectivity index (χ1n) is 6.34. The summed E-state index contributed by atoms with van der Waals surface area (Å²) in [5, 5.41) is 11.5. The highest BCUT2D eigenvalue weighted by atomic mass is 15.3. The van der Waals surface area contributed by atoms with Crippen LogP contribution in [0, 0.1) is 6.92 Å². The average Bonchev–Trinajstić information content (AvgIpc) is 2.72. The second-order valence-corrected chi connectivity index (χ2v) is 4.40. The third kappa shape index (κ3) is 2.20. The fraction of sp³-hybridized carbons (Fsp3) is 0.667. The first-order valence-corrected chi connectivity index (χ1v) is 6.34. The van der Waals surface area contributed by atoms with E-state index in [0.717, 1.165) is 36.7 Å². The molecule has 0 aliphatic carbocycles. The van der Waals surface area contributed by atoms with Crippen LogP contribution in [0.4, 0.5) is 11.5 Å². The second kappa shape index (κ2) is 4.87. The molecular weight excluding hydrogens is 214 g/mol. The van der Waals surface area contributed by atoms with Crippen molar-refractivity contribution in [3.05, 3.63) is 11.8 Å². The Kier molecular flexibility index (Phi) is 3.47. The number of rotatable bonds is 0. The monoisotopic (exact) mass is 235 g/mol. The zero-order valence-corrected chi connectivity index (χ0v) is 10.8. The van der Waals surface area contributed by atoms with E-state index in [-0.39, 0.29) is 6.04 Å². The van der Waals surface area contributed by atoms with Gasteiger partial charge in [-0.25, -0.2) is 0 Å². The largest absolute Gasteiger partial charge is 0.365 e. The van der Waals surface area contributed by atoms with Crippen LogP contribution in [0.15, 0.2) is 6.07 Å². The number of anilines is 2. The molecule has 2 unspecified atom stereocenters. The predicted octanol–water partition coefficient (Wildman–Crippen LogP) is 1.14. The van der Waals surface area contributed by atoms with Gasteiger partial charge in [0.25, 0.3) is 0 Å². The maximum absolute atomic E-state index is 5.98. The van der Waals surface area contributed by atoms with Crippen molar-refractivity contribution in [2.45, 2.75) is 39.3 Å². The molecule has 1 saturated heterocycles. The van der Waals surface area contributed by atoms with Gasteiger partial charge in [0.05, 0.1) is 11.4 Å². The Balaban J connectivity index is 0.000000514. The van der Waals surface area contributed by atoms with E-state index in [1.54, 1.807) is 0 Å². The molecule has 2 aliphatic heterocycles. The number of hydrogen-bond acceptors (Lipinski definition) is 5. The van der Waals surface area contributed by atoms with Crippen LogP contribution in [-0.4, -0.2) is 35.4 Å². The zero-order valence-electron chi connectivity index (χ0n) is 10.8. The van der Waals surface area contributed by atoms with Gasteiger partial charge in [0.2, 0.25) is 0 Å². The molecule has 0 amide bonds. The molecule has 2 aliphatic rings. The molecule has 3 N–H and O–H groups in total. The summed E-state index contributed by atoms with van der Waals surface area (Å²) in [5.74, 6) is 0.894. The van der Waals surface area contributed by atoms with Gasteiger partial charge in [0.15, 0.2) is 5.82 Å². The molecule has 1 fully saturated rings. The smallest absolute Gasteiger partial charge is 0.172 e. The summed E-state index contributed by atoms with van der Waals surface area (Å²) in [4.78, 5) is 2.36. The van der Waals surface area contributed by atoms with Crippen LogP contribution in [0.2, 0.25) is 0 Å². The molecule has 3 heterocycles. The predicted molar refractivity (Wildman–Crippen MR) is 70.3 cm³/mol. The maximum atomic E-state index is 5.98. The van der Waals surface area contributed by atoms with Crippen molar-refractivity contribution in [3.63, 3.8) is 0 Å². The van der Waals surface area contributed by atoms with Gasteiger partial charge in [-0.2, -0.15) is 5.10 Å².